The number of imidazole rings is 1. The summed E-state index contributed by atoms with van der Waals surface area (Å²) in [6, 6.07) is 0. The van der Waals surface area contributed by atoms with Gasteiger partial charge in [0.05, 0.1) is 6.33 Å². The van der Waals surface area contributed by atoms with E-state index in [4.69, 9.17) is 0 Å². The molecular formula is C14H24N6. The van der Waals surface area contributed by atoms with Crippen molar-refractivity contribution in [2.75, 3.05) is 11.9 Å². The van der Waals surface area contributed by atoms with Crippen LogP contribution in [0.15, 0.2) is 6.33 Å². The lowest BCUT2D eigenvalue weighted by atomic mass is 10.1. The lowest BCUT2D eigenvalue weighted by molar-refractivity contribution is 0.581. The molecule has 20 heavy (non-hydrogen) atoms. The van der Waals surface area contributed by atoms with Crippen LogP contribution >= 0.6 is 0 Å². The minimum absolute atomic E-state index is 0.610. The molecule has 0 saturated heterocycles. The molecule has 0 atom stereocenters. The zero-order valence-electron chi connectivity index (χ0n) is 12.2. The van der Waals surface area contributed by atoms with Crippen molar-refractivity contribution < 1.29 is 0 Å². The monoisotopic (exact) mass is 276 g/mol. The summed E-state index contributed by atoms with van der Waals surface area (Å²) in [5.41, 5.74) is 1.44. The zero-order valence-corrected chi connectivity index (χ0v) is 12.2. The molecule has 0 aliphatic carbocycles. The molecule has 2 N–H and O–H groups in total. The first kappa shape index (κ1) is 14.7. The van der Waals surface area contributed by atoms with E-state index in [1.54, 1.807) is 6.33 Å². The minimum Gasteiger partial charge on any atom is -0.367 e. The first-order valence-electron chi connectivity index (χ1n) is 7.68. The molecule has 6 heteroatoms. The summed E-state index contributed by atoms with van der Waals surface area (Å²) >= 11 is 0. The van der Waals surface area contributed by atoms with E-state index in [0.29, 0.717) is 5.65 Å². The Bertz CT molecular complexity index is 495. The molecule has 0 unspecified atom stereocenters. The van der Waals surface area contributed by atoms with E-state index in [-0.39, 0.29) is 0 Å². The van der Waals surface area contributed by atoms with E-state index in [1.807, 2.05) is 0 Å². The molecule has 2 rings (SSSR count). The summed E-state index contributed by atoms with van der Waals surface area (Å²) in [6.07, 6.45) is 12.2. The van der Waals surface area contributed by atoms with Crippen molar-refractivity contribution in [2.24, 2.45) is 0 Å². The molecule has 6 nitrogen and oxygen atoms in total. The van der Waals surface area contributed by atoms with Gasteiger partial charge in [0.2, 0.25) is 5.65 Å². The van der Waals surface area contributed by atoms with Gasteiger partial charge in [0, 0.05) is 6.54 Å². The molecule has 2 aromatic heterocycles. The third-order valence-corrected chi connectivity index (χ3v) is 3.46. The zero-order chi connectivity index (χ0) is 14.0. The maximum atomic E-state index is 4.06. The Morgan fingerprint density at radius 2 is 1.75 bits per heavy atom. The molecule has 0 aliphatic rings. The molecule has 0 spiro atoms. The fourth-order valence-electron chi connectivity index (χ4n) is 2.29. The minimum atomic E-state index is 0.610. The van der Waals surface area contributed by atoms with Gasteiger partial charge in [0.15, 0.2) is 5.82 Å². The Morgan fingerprint density at radius 3 is 2.55 bits per heavy atom. The van der Waals surface area contributed by atoms with Crippen LogP contribution in [0.25, 0.3) is 11.2 Å². The van der Waals surface area contributed by atoms with Gasteiger partial charge in [-0.15, -0.1) is 10.2 Å². The van der Waals surface area contributed by atoms with Gasteiger partial charge in [0.25, 0.3) is 0 Å². The Hall–Kier alpha value is -1.72. The second-order valence-electron chi connectivity index (χ2n) is 5.14. The lowest BCUT2D eigenvalue weighted by Gasteiger charge is -2.05. The Kier molecular flexibility index (Phi) is 6.20. The van der Waals surface area contributed by atoms with Crippen LogP contribution in [0.2, 0.25) is 0 Å². The van der Waals surface area contributed by atoms with E-state index >= 15 is 0 Å². The summed E-state index contributed by atoms with van der Waals surface area (Å²) in [4.78, 5) is 7.09. The molecule has 0 aliphatic heterocycles. The van der Waals surface area contributed by atoms with Crippen molar-refractivity contribution in [3.63, 3.8) is 0 Å². The molecule has 0 bridgehead atoms. The van der Waals surface area contributed by atoms with Gasteiger partial charge in [0.1, 0.15) is 5.52 Å². The highest BCUT2D eigenvalue weighted by atomic mass is 15.3. The third kappa shape index (κ3) is 4.43. The molecule has 0 fully saturated rings. The predicted octanol–water partition coefficient (Wildman–Crippen LogP) is 3.30. The van der Waals surface area contributed by atoms with E-state index in [0.717, 1.165) is 24.3 Å². The number of fused-ring (bicyclic) bond motifs is 1. The second kappa shape index (κ2) is 8.45. The van der Waals surface area contributed by atoms with Gasteiger partial charge in [-0.25, -0.2) is 4.98 Å². The Labute approximate surface area is 119 Å². The number of unbranched alkanes of at least 4 members (excludes halogenated alkanes) is 7. The number of nitrogens with one attached hydrogen (secondary N) is 2. The fourth-order valence-corrected chi connectivity index (χ4v) is 2.29. The number of aromatic amines is 1. The summed E-state index contributed by atoms with van der Waals surface area (Å²) < 4.78 is 0. The first-order chi connectivity index (χ1) is 9.92. The van der Waals surface area contributed by atoms with Gasteiger partial charge in [-0.05, 0) is 11.6 Å². The molecule has 2 aromatic rings. The average Bonchev–Trinajstić information content (AvgIpc) is 2.95. The van der Waals surface area contributed by atoms with Crippen LogP contribution in [0.4, 0.5) is 5.82 Å². The smallest absolute Gasteiger partial charge is 0.205 e. The maximum Gasteiger partial charge on any atom is 0.205 e. The molecule has 0 radical (unpaired) electrons. The molecular weight excluding hydrogens is 252 g/mol. The van der Waals surface area contributed by atoms with Crippen LogP contribution in [0.5, 0.6) is 0 Å². The predicted molar refractivity (Wildman–Crippen MR) is 80.6 cm³/mol. The Balaban J connectivity index is 1.58. The number of hydrogen-bond donors (Lipinski definition) is 2. The number of aromatic nitrogens is 5. The highest BCUT2D eigenvalue weighted by Crippen LogP contribution is 2.13. The van der Waals surface area contributed by atoms with Crippen LogP contribution in [-0.4, -0.2) is 31.9 Å². The number of nitrogens with zero attached hydrogens (tertiary/aromatic N) is 4. The van der Waals surface area contributed by atoms with Gasteiger partial charge in [-0.2, -0.15) is 0 Å². The molecule has 0 amide bonds. The summed E-state index contributed by atoms with van der Waals surface area (Å²) in [5.74, 6) is 0.746. The van der Waals surface area contributed by atoms with Crippen molar-refractivity contribution in [3.05, 3.63) is 6.33 Å². The van der Waals surface area contributed by atoms with Crippen molar-refractivity contribution in [1.29, 1.82) is 0 Å². The van der Waals surface area contributed by atoms with Crippen molar-refractivity contribution >= 4 is 17.0 Å². The lowest BCUT2D eigenvalue weighted by Crippen LogP contribution is -2.05. The summed E-state index contributed by atoms with van der Waals surface area (Å²) in [6.45, 7) is 3.17. The number of H-pyrrole nitrogens is 1. The first-order valence-corrected chi connectivity index (χ1v) is 7.68. The standard InChI is InChI=1S/C14H24N6/c1-2-3-4-5-6-7-8-9-10-15-13-12-14(17-11-16-12)19-20-18-13/h11H,2-10H2,1H3,(H2,15,16,17,18,19). The largest absolute Gasteiger partial charge is 0.367 e. The second-order valence-corrected chi connectivity index (χ2v) is 5.14. The highest BCUT2D eigenvalue weighted by molar-refractivity contribution is 5.81. The normalized spacial score (nSPS) is 11.1. The molecule has 0 saturated carbocycles. The number of anilines is 1. The third-order valence-electron chi connectivity index (χ3n) is 3.46. The van der Waals surface area contributed by atoms with E-state index in [1.165, 1.54) is 44.9 Å². The molecule has 2 heterocycles. The maximum absolute atomic E-state index is 4.06. The van der Waals surface area contributed by atoms with E-state index in [9.17, 15) is 0 Å². The summed E-state index contributed by atoms with van der Waals surface area (Å²) in [5, 5.41) is 14.9. The van der Waals surface area contributed by atoms with Crippen LogP contribution in [-0.2, 0) is 0 Å². The number of hydrogen-bond acceptors (Lipinski definition) is 5. The van der Waals surface area contributed by atoms with Gasteiger partial charge in [-0.3, -0.25) is 0 Å². The van der Waals surface area contributed by atoms with Gasteiger partial charge in [-0.1, -0.05) is 51.9 Å². The molecule has 0 aromatic carbocycles. The van der Waals surface area contributed by atoms with Crippen LogP contribution in [0.3, 0.4) is 0 Å². The van der Waals surface area contributed by atoms with E-state index < -0.39 is 0 Å². The molecule has 110 valence electrons. The highest BCUT2D eigenvalue weighted by Gasteiger charge is 2.05. The van der Waals surface area contributed by atoms with Gasteiger partial charge >= 0.3 is 0 Å². The van der Waals surface area contributed by atoms with Crippen molar-refractivity contribution in [3.8, 4) is 0 Å². The van der Waals surface area contributed by atoms with Crippen LogP contribution in [0, 0.1) is 0 Å². The quantitative estimate of drug-likeness (QED) is 0.651. The van der Waals surface area contributed by atoms with Crippen LogP contribution < -0.4 is 5.32 Å². The van der Waals surface area contributed by atoms with Crippen molar-refractivity contribution in [1.82, 2.24) is 25.4 Å². The van der Waals surface area contributed by atoms with E-state index in [2.05, 4.69) is 37.6 Å². The number of rotatable bonds is 10. The summed E-state index contributed by atoms with van der Waals surface area (Å²) in [7, 11) is 0. The average molecular weight is 276 g/mol. The van der Waals surface area contributed by atoms with Crippen LogP contribution in [0.1, 0.15) is 58.3 Å². The topological polar surface area (TPSA) is 79.4 Å². The fraction of sp³-hybridized carbons (Fsp3) is 0.714. The SMILES string of the molecule is CCCCCCCCCCNc1nnnc2nc[nH]c12. The Morgan fingerprint density at radius 1 is 1.00 bits per heavy atom. The van der Waals surface area contributed by atoms with Gasteiger partial charge < -0.3 is 10.3 Å². The van der Waals surface area contributed by atoms with Crippen molar-refractivity contribution in [2.45, 2.75) is 58.3 Å².